The summed E-state index contributed by atoms with van der Waals surface area (Å²) in [5.41, 5.74) is 0. The Bertz CT molecular complexity index is 365. The summed E-state index contributed by atoms with van der Waals surface area (Å²) in [6.45, 7) is 6.38. The molecule has 3 heteroatoms. The first-order valence-electron chi connectivity index (χ1n) is 6.53. The van der Waals surface area contributed by atoms with E-state index in [4.69, 9.17) is 4.74 Å². The van der Waals surface area contributed by atoms with Crippen molar-refractivity contribution in [2.24, 2.45) is 5.92 Å². The fourth-order valence-corrected chi connectivity index (χ4v) is 2.38. The molecule has 17 heavy (non-hydrogen) atoms. The molecule has 0 aromatic carbocycles. The van der Waals surface area contributed by atoms with Gasteiger partial charge in [0.05, 0.1) is 6.10 Å². The summed E-state index contributed by atoms with van der Waals surface area (Å²) in [6, 6.07) is 4.45. The van der Waals surface area contributed by atoms with Crippen LogP contribution in [0.15, 0.2) is 18.3 Å². The Morgan fingerprint density at radius 1 is 1.41 bits per heavy atom. The lowest BCUT2D eigenvalue weighted by Crippen LogP contribution is -2.18. The van der Waals surface area contributed by atoms with Gasteiger partial charge in [0.1, 0.15) is 0 Å². The van der Waals surface area contributed by atoms with Crippen molar-refractivity contribution in [2.75, 3.05) is 5.32 Å². The molecule has 0 aliphatic heterocycles. The molecular formula is C14H22N2O. The highest BCUT2D eigenvalue weighted by molar-refractivity contribution is 5.50. The van der Waals surface area contributed by atoms with E-state index < -0.39 is 0 Å². The number of hydrogen-bond donors (Lipinski definition) is 1. The maximum atomic E-state index is 5.76. The smallest absolute Gasteiger partial charge is 0.168 e. The predicted molar refractivity (Wildman–Crippen MR) is 70.4 cm³/mol. The van der Waals surface area contributed by atoms with E-state index in [2.05, 4.69) is 17.2 Å². The maximum Gasteiger partial charge on any atom is 0.168 e. The Hall–Kier alpha value is -1.25. The first-order valence-corrected chi connectivity index (χ1v) is 6.53. The molecule has 1 aliphatic rings. The summed E-state index contributed by atoms with van der Waals surface area (Å²) < 4.78 is 5.76. The lowest BCUT2D eigenvalue weighted by Gasteiger charge is -2.17. The van der Waals surface area contributed by atoms with Crippen molar-refractivity contribution in [2.45, 2.75) is 52.2 Å². The number of aromatic nitrogens is 1. The molecule has 1 saturated carbocycles. The molecular weight excluding hydrogens is 212 g/mol. The number of rotatable bonds is 4. The van der Waals surface area contributed by atoms with Gasteiger partial charge in [0, 0.05) is 12.2 Å². The van der Waals surface area contributed by atoms with Crippen LogP contribution < -0.4 is 10.1 Å². The number of anilines is 1. The first-order chi connectivity index (χ1) is 8.15. The summed E-state index contributed by atoms with van der Waals surface area (Å²) >= 11 is 0. The van der Waals surface area contributed by atoms with Gasteiger partial charge in [0.15, 0.2) is 11.6 Å². The SMILES string of the molecule is CC1CCC(Nc2ncccc2OC(C)C)C1. The second-order valence-electron chi connectivity index (χ2n) is 5.28. The fraction of sp³-hybridized carbons (Fsp3) is 0.643. The van der Waals surface area contributed by atoms with Gasteiger partial charge in [-0.25, -0.2) is 4.98 Å². The van der Waals surface area contributed by atoms with Gasteiger partial charge >= 0.3 is 0 Å². The van der Waals surface area contributed by atoms with Crippen LogP contribution in [0.2, 0.25) is 0 Å². The van der Waals surface area contributed by atoms with Gasteiger partial charge in [-0.15, -0.1) is 0 Å². The van der Waals surface area contributed by atoms with Gasteiger partial charge in [0.25, 0.3) is 0 Å². The second kappa shape index (κ2) is 5.39. The second-order valence-corrected chi connectivity index (χ2v) is 5.28. The summed E-state index contributed by atoms with van der Waals surface area (Å²) in [6.07, 6.45) is 5.78. The molecule has 1 aromatic rings. The summed E-state index contributed by atoms with van der Waals surface area (Å²) in [4.78, 5) is 4.38. The van der Waals surface area contributed by atoms with Crippen molar-refractivity contribution in [1.29, 1.82) is 0 Å². The monoisotopic (exact) mass is 234 g/mol. The van der Waals surface area contributed by atoms with Crippen molar-refractivity contribution in [3.8, 4) is 5.75 Å². The van der Waals surface area contributed by atoms with Gasteiger partial charge in [-0.2, -0.15) is 0 Å². The van der Waals surface area contributed by atoms with Crippen LogP contribution in [0.1, 0.15) is 40.0 Å². The van der Waals surface area contributed by atoms with E-state index in [1.54, 1.807) is 0 Å². The van der Waals surface area contributed by atoms with Crippen molar-refractivity contribution >= 4 is 5.82 Å². The molecule has 0 spiro atoms. The Labute approximate surface area is 104 Å². The third-order valence-electron chi connectivity index (χ3n) is 3.17. The molecule has 3 nitrogen and oxygen atoms in total. The van der Waals surface area contributed by atoms with Gasteiger partial charge in [-0.1, -0.05) is 6.92 Å². The van der Waals surface area contributed by atoms with E-state index in [-0.39, 0.29) is 6.10 Å². The normalized spacial score (nSPS) is 24.0. The third-order valence-corrected chi connectivity index (χ3v) is 3.17. The molecule has 2 unspecified atom stereocenters. The zero-order chi connectivity index (χ0) is 12.3. The molecule has 0 radical (unpaired) electrons. The lowest BCUT2D eigenvalue weighted by atomic mass is 10.1. The number of hydrogen-bond acceptors (Lipinski definition) is 3. The van der Waals surface area contributed by atoms with Crippen molar-refractivity contribution in [3.63, 3.8) is 0 Å². The number of nitrogens with zero attached hydrogens (tertiary/aromatic N) is 1. The van der Waals surface area contributed by atoms with Crippen molar-refractivity contribution in [1.82, 2.24) is 4.98 Å². The molecule has 0 bridgehead atoms. The third kappa shape index (κ3) is 3.35. The minimum atomic E-state index is 0.183. The lowest BCUT2D eigenvalue weighted by molar-refractivity contribution is 0.242. The van der Waals surface area contributed by atoms with E-state index in [9.17, 15) is 0 Å². The molecule has 2 atom stereocenters. The van der Waals surface area contributed by atoms with Gasteiger partial charge in [-0.3, -0.25) is 0 Å². The number of nitrogens with one attached hydrogen (secondary N) is 1. The van der Waals surface area contributed by atoms with Gasteiger partial charge < -0.3 is 10.1 Å². The van der Waals surface area contributed by atoms with Crippen LogP contribution in [0.5, 0.6) is 5.75 Å². The molecule has 1 aromatic heterocycles. The molecule has 2 rings (SSSR count). The largest absolute Gasteiger partial charge is 0.487 e. The minimum Gasteiger partial charge on any atom is -0.487 e. The Kier molecular flexibility index (Phi) is 3.87. The molecule has 1 heterocycles. The zero-order valence-electron chi connectivity index (χ0n) is 10.9. The minimum absolute atomic E-state index is 0.183. The summed E-state index contributed by atoms with van der Waals surface area (Å²) in [7, 11) is 0. The quantitative estimate of drug-likeness (QED) is 0.866. The van der Waals surface area contributed by atoms with Crippen LogP contribution in [-0.2, 0) is 0 Å². The van der Waals surface area contributed by atoms with Crippen LogP contribution in [0.3, 0.4) is 0 Å². The fourth-order valence-electron chi connectivity index (χ4n) is 2.38. The predicted octanol–water partition coefficient (Wildman–Crippen LogP) is 3.47. The summed E-state index contributed by atoms with van der Waals surface area (Å²) in [5, 5.41) is 3.51. The van der Waals surface area contributed by atoms with E-state index in [0.717, 1.165) is 17.5 Å². The zero-order valence-corrected chi connectivity index (χ0v) is 10.9. The molecule has 1 aliphatic carbocycles. The Balaban J connectivity index is 2.04. The van der Waals surface area contributed by atoms with E-state index >= 15 is 0 Å². The molecule has 1 fully saturated rings. The van der Waals surface area contributed by atoms with E-state index in [1.165, 1.54) is 19.3 Å². The average Bonchev–Trinajstić information content (AvgIpc) is 2.66. The topological polar surface area (TPSA) is 34.2 Å². The maximum absolute atomic E-state index is 5.76. The van der Waals surface area contributed by atoms with Crippen LogP contribution >= 0.6 is 0 Å². The van der Waals surface area contributed by atoms with Gasteiger partial charge in [0.2, 0.25) is 0 Å². The van der Waals surface area contributed by atoms with E-state index in [0.29, 0.717) is 6.04 Å². The van der Waals surface area contributed by atoms with Gasteiger partial charge in [-0.05, 0) is 51.2 Å². The van der Waals surface area contributed by atoms with Crippen LogP contribution in [0, 0.1) is 5.92 Å². The highest BCUT2D eigenvalue weighted by Crippen LogP contribution is 2.30. The van der Waals surface area contributed by atoms with E-state index in [1.807, 2.05) is 32.2 Å². The van der Waals surface area contributed by atoms with Crippen LogP contribution in [0.25, 0.3) is 0 Å². The van der Waals surface area contributed by atoms with Crippen molar-refractivity contribution < 1.29 is 4.74 Å². The van der Waals surface area contributed by atoms with Crippen molar-refractivity contribution in [3.05, 3.63) is 18.3 Å². The van der Waals surface area contributed by atoms with Crippen LogP contribution in [-0.4, -0.2) is 17.1 Å². The first kappa shape index (κ1) is 12.2. The number of pyridine rings is 1. The molecule has 0 amide bonds. The number of ether oxygens (including phenoxy) is 1. The van der Waals surface area contributed by atoms with Crippen LogP contribution in [0.4, 0.5) is 5.82 Å². The summed E-state index contributed by atoms with van der Waals surface area (Å²) in [5.74, 6) is 2.58. The Morgan fingerprint density at radius 2 is 2.24 bits per heavy atom. The molecule has 94 valence electrons. The molecule has 1 N–H and O–H groups in total. The standard InChI is InChI=1S/C14H22N2O/c1-10(2)17-13-5-4-8-15-14(13)16-12-7-6-11(3)9-12/h4-5,8,10-12H,6-7,9H2,1-3H3,(H,15,16). The average molecular weight is 234 g/mol. The highest BCUT2D eigenvalue weighted by atomic mass is 16.5. The highest BCUT2D eigenvalue weighted by Gasteiger charge is 2.22. The molecule has 0 saturated heterocycles. The Morgan fingerprint density at radius 3 is 2.88 bits per heavy atom.